The third-order valence-electron chi connectivity index (χ3n) is 9.38. The van der Waals surface area contributed by atoms with Crippen LogP contribution in [-0.2, 0) is 18.4 Å². The molecule has 302 valence electrons. The second-order valence-electron chi connectivity index (χ2n) is 15.7. The molecule has 9 heteroatoms. The van der Waals surface area contributed by atoms with E-state index in [1.165, 1.54) is 141 Å². The molecule has 0 saturated carbocycles. The monoisotopic (exact) mass is 743 g/mol. The molecule has 0 aliphatic rings. The summed E-state index contributed by atoms with van der Waals surface area (Å²) in [5, 5.41) is 13.4. The summed E-state index contributed by atoms with van der Waals surface area (Å²) in [5.41, 5.74) is 0. The van der Waals surface area contributed by atoms with Gasteiger partial charge in [0.15, 0.2) is 0 Å². The van der Waals surface area contributed by atoms with Crippen LogP contribution in [0.5, 0.6) is 0 Å². The highest BCUT2D eigenvalue weighted by atomic mass is 31.2. The fraction of sp³-hybridized carbons (Fsp3) is 0.881. The van der Waals surface area contributed by atoms with Gasteiger partial charge in [-0.25, -0.2) is 0 Å². The Morgan fingerprint density at radius 1 is 0.667 bits per heavy atom. The first kappa shape index (κ1) is 50.0. The van der Waals surface area contributed by atoms with Gasteiger partial charge in [-0.3, -0.25) is 9.36 Å². The minimum absolute atomic E-state index is 0.00720. The highest BCUT2D eigenvalue weighted by molar-refractivity contribution is 7.45. The van der Waals surface area contributed by atoms with E-state index in [2.05, 4.69) is 24.4 Å². The number of allylic oxidation sites excluding steroid dienone is 3. The molecule has 0 aliphatic heterocycles. The normalized spacial score (nSPS) is 14.7. The molecule has 0 heterocycles. The third-order valence-corrected chi connectivity index (χ3v) is 10.3. The van der Waals surface area contributed by atoms with Gasteiger partial charge in [-0.2, -0.15) is 0 Å². The number of phosphoric acid groups is 1. The zero-order chi connectivity index (χ0) is 37.9. The summed E-state index contributed by atoms with van der Waals surface area (Å²) < 4.78 is 22.7. The lowest BCUT2D eigenvalue weighted by atomic mass is 10.0. The van der Waals surface area contributed by atoms with E-state index in [9.17, 15) is 19.4 Å². The third kappa shape index (κ3) is 37.1. The second-order valence-corrected chi connectivity index (χ2v) is 17.1. The van der Waals surface area contributed by atoms with Gasteiger partial charge in [-0.05, 0) is 32.1 Å². The highest BCUT2D eigenvalue weighted by Crippen LogP contribution is 2.38. The largest absolute Gasteiger partial charge is 0.756 e. The van der Waals surface area contributed by atoms with Crippen LogP contribution in [0.25, 0.3) is 0 Å². The number of phosphoric ester groups is 1. The lowest BCUT2D eigenvalue weighted by molar-refractivity contribution is -0.870. The molecule has 0 aromatic rings. The molecular formula is C42H83N2O6P. The maximum absolute atomic E-state index is 12.2. The van der Waals surface area contributed by atoms with Crippen molar-refractivity contribution in [2.45, 2.75) is 199 Å². The molecule has 0 spiro atoms. The van der Waals surface area contributed by atoms with Gasteiger partial charge in [-0.1, -0.05) is 173 Å². The Morgan fingerprint density at radius 3 is 1.55 bits per heavy atom. The van der Waals surface area contributed by atoms with Crippen LogP contribution in [0, 0.1) is 0 Å². The van der Waals surface area contributed by atoms with E-state index in [0.29, 0.717) is 17.4 Å². The molecule has 8 nitrogen and oxygen atoms in total. The number of likely N-dealkylation sites (N-methyl/N-ethyl adjacent to an activating group) is 1. The smallest absolute Gasteiger partial charge is 0.268 e. The van der Waals surface area contributed by atoms with Crippen LogP contribution in [0.4, 0.5) is 0 Å². The lowest BCUT2D eigenvalue weighted by Crippen LogP contribution is -2.45. The van der Waals surface area contributed by atoms with Crippen molar-refractivity contribution in [2.75, 3.05) is 40.9 Å². The SMILES string of the molecule is CCCCCCCCCCCCCCCCCCCCCCCC/C=C/CC/C=C/C(O)C(COP(=O)([O-])OCC[N+](C)(C)C)NC(=O)CCC. The van der Waals surface area contributed by atoms with Crippen LogP contribution in [0.15, 0.2) is 24.3 Å². The molecule has 2 N–H and O–H groups in total. The quantitative estimate of drug-likeness (QED) is 0.0282. The Morgan fingerprint density at radius 2 is 1.10 bits per heavy atom. The number of nitrogens with one attached hydrogen (secondary N) is 1. The van der Waals surface area contributed by atoms with Gasteiger partial charge in [0.1, 0.15) is 13.2 Å². The number of unbranched alkanes of at least 4 members (excludes halogenated alkanes) is 23. The van der Waals surface area contributed by atoms with E-state index < -0.39 is 26.6 Å². The summed E-state index contributed by atoms with van der Waals surface area (Å²) in [5.74, 6) is -0.261. The average molecular weight is 743 g/mol. The minimum Gasteiger partial charge on any atom is -0.756 e. The molecule has 51 heavy (non-hydrogen) atoms. The molecule has 3 atom stereocenters. The summed E-state index contributed by atoms with van der Waals surface area (Å²) >= 11 is 0. The summed E-state index contributed by atoms with van der Waals surface area (Å²) in [6.07, 6.45) is 41.3. The minimum atomic E-state index is -4.56. The zero-order valence-electron chi connectivity index (χ0n) is 34.1. The van der Waals surface area contributed by atoms with Crippen molar-refractivity contribution < 1.29 is 32.9 Å². The van der Waals surface area contributed by atoms with Crippen molar-refractivity contribution in [3.05, 3.63) is 24.3 Å². The molecule has 0 rings (SSSR count). The Balaban J connectivity index is 3.84. The molecule has 0 aromatic heterocycles. The van der Waals surface area contributed by atoms with Crippen LogP contribution < -0.4 is 10.2 Å². The topological polar surface area (TPSA) is 108 Å². The summed E-state index contributed by atoms with van der Waals surface area (Å²) in [4.78, 5) is 24.4. The van der Waals surface area contributed by atoms with Crippen molar-refractivity contribution in [2.24, 2.45) is 0 Å². The number of aliphatic hydroxyl groups is 1. The second kappa shape index (κ2) is 34.7. The first-order valence-corrected chi connectivity index (χ1v) is 22.7. The predicted octanol–water partition coefficient (Wildman–Crippen LogP) is 10.7. The molecule has 0 fully saturated rings. The molecule has 0 bridgehead atoms. The van der Waals surface area contributed by atoms with Gasteiger partial charge in [-0.15, -0.1) is 0 Å². The fourth-order valence-electron chi connectivity index (χ4n) is 6.04. The predicted molar refractivity (Wildman–Crippen MR) is 215 cm³/mol. The Kier molecular flexibility index (Phi) is 34.0. The number of nitrogens with zero attached hydrogens (tertiary/aromatic N) is 1. The van der Waals surface area contributed by atoms with Gasteiger partial charge in [0.2, 0.25) is 5.91 Å². The first-order chi connectivity index (χ1) is 24.5. The number of rotatable bonds is 38. The average Bonchev–Trinajstić information content (AvgIpc) is 3.07. The van der Waals surface area contributed by atoms with Crippen molar-refractivity contribution in [1.29, 1.82) is 0 Å². The summed E-state index contributed by atoms with van der Waals surface area (Å²) in [6, 6.07) is -0.894. The van der Waals surface area contributed by atoms with Crippen LogP contribution in [0.1, 0.15) is 187 Å². The maximum atomic E-state index is 12.2. The van der Waals surface area contributed by atoms with Crippen LogP contribution in [0.2, 0.25) is 0 Å². The highest BCUT2D eigenvalue weighted by Gasteiger charge is 2.23. The number of hydrogen-bond donors (Lipinski definition) is 2. The maximum Gasteiger partial charge on any atom is 0.268 e. The number of hydrogen-bond acceptors (Lipinski definition) is 6. The number of aliphatic hydroxyl groups excluding tert-OH is 1. The zero-order valence-corrected chi connectivity index (χ0v) is 35.0. The number of quaternary nitrogens is 1. The Labute approximate surface area is 315 Å². The molecule has 3 unspecified atom stereocenters. The van der Waals surface area contributed by atoms with Gasteiger partial charge in [0.25, 0.3) is 7.82 Å². The van der Waals surface area contributed by atoms with Crippen molar-refractivity contribution in [1.82, 2.24) is 5.32 Å². The molecule has 0 aromatic carbocycles. The van der Waals surface area contributed by atoms with Crippen LogP contribution in [-0.4, -0.2) is 68.5 Å². The van der Waals surface area contributed by atoms with E-state index in [-0.39, 0.29) is 18.9 Å². The van der Waals surface area contributed by atoms with E-state index in [0.717, 1.165) is 19.3 Å². The van der Waals surface area contributed by atoms with Gasteiger partial charge in [0.05, 0.1) is 39.9 Å². The van der Waals surface area contributed by atoms with Crippen LogP contribution in [0.3, 0.4) is 0 Å². The first-order valence-electron chi connectivity index (χ1n) is 21.2. The van der Waals surface area contributed by atoms with E-state index in [4.69, 9.17) is 9.05 Å². The summed E-state index contributed by atoms with van der Waals surface area (Å²) in [6.45, 7) is 4.26. The molecule has 0 aliphatic carbocycles. The van der Waals surface area contributed by atoms with Gasteiger partial charge < -0.3 is 28.8 Å². The molecular weight excluding hydrogens is 659 g/mol. The Bertz CT molecular complexity index is 891. The lowest BCUT2D eigenvalue weighted by Gasteiger charge is -2.29. The molecule has 0 saturated heterocycles. The standard InChI is InChI=1S/C42H83N2O6P/c1-6-8-9-10-11-12-13-14-15-16-17-18-19-20-21-22-23-24-25-26-27-28-29-30-31-32-33-34-36-41(45)40(43-42(46)35-7-2)39-50-51(47,48)49-38-37-44(3,4)5/h30-31,34,36,40-41,45H,6-29,32-33,35,37-39H2,1-5H3,(H-,43,46,47,48)/b31-30+,36-34+. The number of carbonyl (C=O) groups is 1. The van der Waals surface area contributed by atoms with Gasteiger partial charge >= 0.3 is 0 Å². The number of amides is 1. The molecule has 1 amide bonds. The summed E-state index contributed by atoms with van der Waals surface area (Å²) in [7, 11) is 1.24. The van der Waals surface area contributed by atoms with Crippen molar-refractivity contribution >= 4 is 13.7 Å². The van der Waals surface area contributed by atoms with Crippen molar-refractivity contribution in [3.8, 4) is 0 Å². The van der Waals surface area contributed by atoms with E-state index in [1.54, 1.807) is 6.08 Å². The van der Waals surface area contributed by atoms with Crippen molar-refractivity contribution in [3.63, 3.8) is 0 Å². The Hall–Kier alpha value is -1.02. The number of carbonyl (C=O) groups excluding carboxylic acids is 1. The van der Waals surface area contributed by atoms with Gasteiger partial charge in [0, 0.05) is 6.42 Å². The van der Waals surface area contributed by atoms with E-state index in [1.807, 2.05) is 34.1 Å². The fourth-order valence-corrected chi connectivity index (χ4v) is 6.76. The van der Waals surface area contributed by atoms with Crippen LogP contribution >= 0.6 is 7.82 Å². The molecule has 0 radical (unpaired) electrons. The van der Waals surface area contributed by atoms with E-state index >= 15 is 0 Å².